The summed E-state index contributed by atoms with van der Waals surface area (Å²) in [6, 6.07) is 6.28. The molecule has 1 heterocycles. The number of piperidine rings is 1. The monoisotopic (exact) mass is 383 g/mol. The highest BCUT2D eigenvalue weighted by molar-refractivity contribution is 7.89. The molecule has 26 heavy (non-hydrogen) atoms. The van der Waals surface area contributed by atoms with Gasteiger partial charge in [-0.2, -0.15) is 0 Å². The van der Waals surface area contributed by atoms with Crippen LogP contribution < -0.4 is 14.8 Å². The first-order chi connectivity index (χ1) is 12.3. The second-order valence-electron chi connectivity index (χ2n) is 7.15. The number of benzene rings is 1. The first-order valence-corrected chi connectivity index (χ1v) is 10.4. The van der Waals surface area contributed by atoms with Crippen LogP contribution in [0, 0.1) is 5.92 Å². The van der Waals surface area contributed by atoms with Gasteiger partial charge in [-0.05, 0) is 63.2 Å². The van der Waals surface area contributed by atoms with Crippen LogP contribution in [0.2, 0.25) is 0 Å². The molecule has 2 N–H and O–H groups in total. The zero-order valence-corrected chi connectivity index (χ0v) is 16.5. The standard InChI is InChI=1S/C18H29N3O4S/c1-14(2)12-19-26(23,24)17-6-4-16(5-7-17)25-13-18(22)20-15-8-10-21(3)11-9-15/h4-7,14-15,19H,8-13H2,1-3H3,(H,20,22). The van der Waals surface area contributed by atoms with Crippen molar-refractivity contribution in [1.82, 2.24) is 14.9 Å². The summed E-state index contributed by atoms with van der Waals surface area (Å²) in [5.41, 5.74) is 0. The average molecular weight is 384 g/mol. The number of amides is 1. The molecule has 0 aromatic heterocycles. The maximum atomic E-state index is 12.1. The molecule has 0 unspecified atom stereocenters. The molecule has 1 aromatic carbocycles. The predicted octanol–water partition coefficient (Wildman–Crippen LogP) is 1.21. The summed E-state index contributed by atoms with van der Waals surface area (Å²) in [6.45, 7) is 6.15. The molecule has 1 aromatic rings. The summed E-state index contributed by atoms with van der Waals surface area (Å²) < 4.78 is 32.3. The van der Waals surface area contributed by atoms with Crippen LogP contribution in [-0.4, -0.2) is 58.6 Å². The molecule has 0 radical (unpaired) electrons. The van der Waals surface area contributed by atoms with E-state index in [4.69, 9.17) is 4.74 Å². The highest BCUT2D eigenvalue weighted by Crippen LogP contribution is 2.16. The highest BCUT2D eigenvalue weighted by Gasteiger charge is 2.18. The molecule has 146 valence electrons. The van der Waals surface area contributed by atoms with Crippen LogP contribution in [0.3, 0.4) is 0 Å². The zero-order chi connectivity index (χ0) is 19.2. The lowest BCUT2D eigenvalue weighted by atomic mass is 10.1. The summed E-state index contributed by atoms with van der Waals surface area (Å²) >= 11 is 0. The summed E-state index contributed by atoms with van der Waals surface area (Å²) in [7, 11) is -1.44. The number of carbonyl (C=O) groups is 1. The van der Waals surface area contributed by atoms with Crippen LogP contribution in [0.15, 0.2) is 29.2 Å². The number of hydrogen-bond donors (Lipinski definition) is 2. The Morgan fingerprint density at radius 1 is 1.23 bits per heavy atom. The molecule has 0 spiro atoms. The lowest BCUT2D eigenvalue weighted by Gasteiger charge is -2.29. The topological polar surface area (TPSA) is 87.7 Å². The lowest BCUT2D eigenvalue weighted by Crippen LogP contribution is -2.44. The second-order valence-corrected chi connectivity index (χ2v) is 8.92. The van der Waals surface area contributed by atoms with Gasteiger partial charge in [0, 0.05) is 12.6 Å². The molecule has 0 bridgehead atoms. The number of sulfonamides is 1. The van der Waals surface area contributed by atoms with E-state index in [9.17, 15) is 13.2 Å². The van der Waals surface area contributed by atoms with Crippen LogP contribution in [0.1, 0.15) is 26.7 Å². The van der Waals surface area contributed by atoms with Gasteiger partial charge < -0.3 is 15.0 Å². The Morgan fingerprint density at radius 2 is 1.85 bits per heavy atom. The SMILES string of the molecule is CC(C)CNS(=O)(=O)c1ccc(OCC(=O)NC2CCN(C)CC2)cc1. The normalized spacial score (nSPS) is 16.6. The van der Waals surface area contributed by atoms with Crippen molar-refractivity contribution in [2.75, 3.05) is 33.3 Å². The van der Waals surface area contributed by atoms with Crippen molar-refractivity contribution >= 4 is 15.9 Å². The minimum Gasteiger partial charge on any atom is -0.484 e. The van der Waals surface area contributed by atoms with E-state index < -0.39 is 10.0 Å². The molecule has 0 atom stereocenters. The number of nitrogens with zero attached hydrogens (tertiary/aromatic N) is 1. The van der Waals surface area contributed by atoms with Crippen LogP contribution in [0.25, 0.3) is 0 Å². The molecule has 8 heteroatoms. The van der Waals surface area contributed by atoms with Crippen LogP contribution >= 0.6 is 0 Å². The van der Waals surface area contributed by atoms with Crippen LogP contribution in [0.5, 0.6) is 5.75 Å². The molecular formula is C18H29N3O4S. The van der Waals surface area contributed by atoms with Gasteiger partial charge >= 0.3 is 0 Å². The van der Waals surface area contributed by atoms with Crippen molar-refractivity contribution in [1.29, 1.82) is 0 Å². The van der Waals surface area contributed by atoms with Gasteiger partial charge in [0.1, 0.15) is 5.75 Å². The van der Waals surface area contributed by atoms with Crippen molar-refractivity contribution in [3.63, 3.8) is 0 Å². The van der Waals surface area contributed by atoms with Gasteiger partial charge in [-0.25, -0.2) is 13.1 Å². The van der Waals surface area contributed by atoms with Crippen molar-refractivity contribution in [2.24, 2.45) is 5.92 Å². The fraction of sp³-hybridized carbons (Fsp3) is 0.611. The van der Waals surface area contributed by atoms with E-state index in [1.807, 2.05) is 13.8 Å². The van der Waals surface area contributed by atoms with Gasteiger partial charge in [0.25, 0.3) is 5.91 Å². The average Bonchev–Trinajstić information content (AvgIpc) is 2.61. The van der Waals surface area contributed by atoms with Crippen molar-refractivity contribution in [2.45, 2.75) is 37.6 Å². The van der Waals surface area contributed by atoms with E-state index in [-0.39, 0.29) is 29.4 Å². The number of hydrogen-bond acceptors (Lipinski definition) is 5. The highest BCUT2D eigenvalue weighted by atomic mass is 32.2. The number of likely N-dealkylation sites (tertiary alicyclic amines) is 1. The van der Waals surface area contributed by atoms with E-state index in [1.165, 1.54) is 12.1 Å². The minimum atomic E-state index is -3.52. The number of nitrogens with one attached hydrogen (secondary N) is 2. The summed E-state index contributed by atoms with van der Waals surface area (Å²) in [5, 5.41) is 2.98. The Hall–Kier alpha value is -1.64. The van der Waals surface area contributed by atoms with Crippen molar-refractivity contribution in [3.8, 4) is 5.75 Å². The molecule has 7 nitrogen and oxygen atoms in total. The number of ether oxygens (including phenoxy) is 1. The Labute approximate surface area is 156 Å². The molecule has 0 saturated carbocycles. The lowest BCUT2D eigenvalue weighted by molar-refractivity contribution is -0.124. The third kappa shape index (κ3) is 6.59. The van der Waals surface area contributed by atoms with Crippen molar-refractivity contribution < 1.29 is 17.9 Å². The van der Waals surface area contributed by atoms with Gasteiger partial charge in [0.15, 0.2) is 6.61 Å². The first-order valence-electron chi connectivity index (χ1n) is 8.96. The fourth-order valence-corrected chi connectivity index (χ4v) is 3.86. The van der Waals surface area contributed by atoms with Crippen molar-refractivity contribution in [3.05, 3.63) is 24.3 Å². The van der Waals surface area contributed by atoms with E-state index in [0.29, 0.717) is 12.3 Å². The van der Waals surface area contributed by atoms with Gasteiger partial charge in [-0.15, -0.1) is 0 Å². The largest absolute Gasteiger partial charge is 0.484 e. The van der Waals surface area contributed by atoms with E-state index in [1.54, 1.807) is 12.1 Å². The Morgan fingerprint density at radius 3 is 2.42 bits per heavy atom. The molecule has 1 fully saturated rings. The van der Waals surface area contributed by atoms with Gasteiger partial charge in [-0.3, -0.25) is 4.79 Å². The minimum absolute atomic E-state index is 0.0793. The van der Waals surface area contributed by atoms with Gasteiger partial charge in [0.05, 0.1) is 4.90 Å². The summed E-state index contributed by atoms with van der Waals surface area (Å²) in [4.78, 5) is 14.4. The Kier molecular flexibility index (Phi) is 7.43. The quantitative estimate of drug-likeness (QED) is 0.705. The molecule has 2 rings (SSSR count). The van der Waals surface area contributed by atoms with E-state index in [0.717, 1.165) is 25.9 Å². The first kappa shape index (κ1) is 20.7. The van der Waals surface area contributed by atoms with E-state index >= 15 is 0 Å². The molecule has 1 aliphatic rings. The number of carbonyl (C=O) groups excluding carboxylic acids is 1. The smallest absolute Gasteiger partial charge is 0.258 e. The third-order valence-electron chi connectivity index (χ3n) is 4.27. The molecule has 1 aliphatic heterocycles. The predicted molar refractivity (Wildman–Crippen MR) is 101 cm³/mol. The summed E-state index contributed by atoms with van der Waals surface area (Å²) in [6.07, 6.45) is 1.89. The fourth-order valence-electron chi connectivity index (χ4n) is 2.65. The Bertz CT molecular complexity index is 681. The van der Waals surface area contributed by atoms with Gasteiger partial charge in [0.2, 0.25) is 10.0 Å². The second kappa shape index (κ2) is 9.34. The molecule has 1 saturated heterocycles. The summed E-state index contributed by atoms with van der Waals surface area (Å²) in [5.74, 6) is 0.539. The van der Waals surface area contributed by atoms with Gasteiger partial charge in [-0.1, -0.05) is 13.8 Å². The third-order valence-corrected chi connectivity index (χ3v) is 5.71. The molecule has 1 amide bonds. The maximum Gasteiger partial charge on any atom is 0.258 e. The number of rotatable bonds is 8. The molecule has 0 aliphatic carbocycles. The zero-order valence-electron chi connectivity index (χ0n) is 15.7. The van der Waals surface area contributed by atoms with Crippen LogP contribution in [0.4, 0.5) is 0 Å². The molecular weight excluding hydrogens is 354 g/mol. The maximum absolute atomic E-state index is 12.1. The van der Waals surface area contributed by atoms with E-state index in [2.05, 4.69) is 22.0 Å². The Balaban J connectivity index is 1.80. The van der Waals surface area contributed by atoms with Crippen LogP contribution in [-0.2, 0) is 14.8 Å².